The number of imidazole rings is 1. The van der Waals surface area contributed by atoms with E-state index in [9.17, 15) is 4.79 Å². The van der Waals surface area contributed by atoms with Crippen molar-refractivity contribution in [2.75, 3.05) is 31.1 Å². The van der Waals surface area contributed by atoms with Crippen LogP contribution < -0.4 is 4.90 Å². The Balaban J connectivity index is 1.22. The van der Waals surface area contributed by atoms with E-state index in [1.807, 2.05) is 52.1 Å². The molecule has 1 saturated heterocycles. The average molecular weight is 398 g/mol. The monoisotopic (exact) mass is 398 g/mol. The fraction of sp³-hybridized carbons (Fsp3) is 0.217. The fourth-order valence-electron chi connectivity index (χ4n) is 3.93. The van der Waals surface area contributed by atoms with Crippen LogP contribution in [0.25, 0.3) is 16.6 Å². The number of carbonyl (C=O) groups excluding carboxylic acids is 1. The maximum atomic E-state index is 12.9. The highest BCUT2D eigenvalue weighted by molar-refractivity contribution is 5.90. The molecule has 7 heteroatoms. The van der Waals surface area contributed by atoms with Crippen LogP contribution in [0.2, 0.25) is 0 Å². The van der Waals surface area contributed by atoms with Gasteiger partial charge in [-0.25, -0.2) is 4.98 Å². The lowest BCUT2D eigenvalue weighted by Gasteiger charge is -2.35. The number of amides is 1. The van der Waals surface area contributed by atoms with Gasteiger partial charge in [0.25, 0.3) is 0 Å². The van der Waals surface area contributed by atoms with E-state index in [4.69, 9.17) is 0 Å². The molecule has 4 aromatic rings. The van der Waals surface area contributed by atoms with Crippen molar-refractivity contribution in [3.8, 4) is 5.82 Å². The molecule has 0 saturated carbocycles. The van der Waals surface area contributed by atoms with E-state index in [1.165, 1.54) is 5.39 Å². The van der Waals surface area contributed by atoms with Crippen LogP contribution >= 0.6 is 0 Å². The number of anilines is 1. The third kappa shape index (κ3) is 3.61. The molecule has 0 spiro atoms. The van der Waals surface area contributed by atoms with Crippen molar-refractivity contribution in [3.05, 3.63) is 78.9 Å². The van der Waals surface area contributed by atoms with Crippen molar-refractivity contribution in [2.45, 2.75) is 6.42 Å². The highest BCUT2D eigenvalue weighted by atomic mass is 16.2. The molecular formula is C23H22N6O. The summed E-state index contributed by atoms with van der Waals surface area (Å²) < 4.78 is 1.82. The Morgan fingerprint density at radius 3 is 2.40 bits per heavy atom. The summed E-state index contributed by atoms with van der Waals surface area (Å²) in [5.74, 6) is 1.74. The van der Waals surface area contributed by atoms with Crippen LogP contribution in [0, 0.1) is 0 Å². The lowest BCUT2D eigenvalue weighted by Crippen LogP contribution is -2.49. The Kier molecular flexibility index (Phi) is 4.85. The number of hydrogen-bond donors (Lipinski definition) is 0. The molecular weight excluding hydrogens is 376 g/mol. The van der Waals surface area contributed by atoms with E-state index in [-0.39, 0.29) is 5.91 Å². The second-order valence-electron chi connectivity index (χ2n) is 7.40. The Morgan fingerprint density at radius 2 is 1.63 bits per heavy atom. The summed E-state index contributed by atoms with van der Waals surface area (Å²) in [5, 5.41) is 11.0. The van der Waals surface area contributed by atoms with E-state index in [0.717, 1.165) is 35.7 Å². The number of nitrogens with zero attached hydrogens (tertiary/aromatic N) is 6. The Morgan fingerprint density at radius 1 is 0.867 bits per heavy atom. The molecule has 0 aliphatic carbocycles. The molecule has 1 fully saturated rings. The predicted octanol–water partition coefficient (Wildman–Crippen LogP) is 2.71. The van der Waals surface area contributed by atoms with Gasteiger partial charge in [-0.15, -0.1) is 10.2 Å². The van der Waals surface area contributed by atoms with Gasteiger partial charge in [0, 0.05) is 38.6 Å². The molecule has 1 aliphatic heterocycles. The van der Waals surface area contributed by atoms with Crippen molar-refractivity contribution in [1.29, 1.82) is 0 Å². The molecule has 1 amide bonds. The quantitative estimate of drug-likeness (QED) is 0.529. The third-order valence-electron chi connectivity index (χ3n) is 5.58. The number of fused-ring (bicyclic) bond motifs is 1. The number of carbonyl (C=O) groups is 1. The van der Waals surface area contributed by atoms with Crippen LogP contribution in [0.4, 0.5) is 5.82 Å². The summed E-state index contributed by atoms with van der Waals surface area (Å²) in [4.78, 5) is 21.1. The van der Waals surface area contributed by atoms with Gasteiger partial charge in [-0.2, -0.15) is 0 Å². The van der Waals surface area contributed by atoms with Crippen LogP contribution in [0.5, 0.6) is 0 Å². The zero-order valence-corrected chi connectivity index (χ0v) is 16.6. The first kappa shape index (κ1) is 18.3. The van der Waals surface area contributed by atoms with Gasteiger partial charge in [0.05, 0.1) is 6.42 Å². The van der Waals surface area contributed by atoms with Crippen molar-refractivity contribution >= 4 is 22.5 Å². The van der Waals surface area contributed by atoms with Crippen LogP contribution in [0.15, 0.2) is 73.3 Å². The zero-order valence-electron chi connectivity index (χ0n) is 16.6. The SMILES string of the molecule is O=C(Cc1cccc2ccccc12)N1CCN(c2ccc(-n3ccnc3)nn2)CC1. The van der Waals surface area contributed by atoms with Gasteiger partial charge in [0.15, 0.2) is 11.6 Å². The number of aromatic nitrogens is 4. The molecule has 30 heavy (non-hydrogen) atoms. The van der Waals surface area contributed by atoms with Crippen molar-refractivity contribution in [2.24, 2.45) is 0 Å². The normalized spacial score (nSPS) is 14.3. The molecule has 0 N–H and O–H groups in total. The Labute approximate surface area is 174 Å². The first-order valence-corrected chi connectivity index (χ1v) is 10.1. The second-order valence-corrected chi connectivity index (χ2v) is 7.40. The average Bonchev–Trinajstić information content (AvgIpc) is 3.35. The summed E-state index contributed by atoms with van der Waals surface area (Å²) in [6.45, 7) is 2.88. The van der Waals surface area contributed by atoms with E-state index in [0.29, 0.717) is 19.5 Å². The molecule has 7 nitrogen and oxygen atoms in total. The lowest BCUT2D eigenvalue weighted by atomic mass is 10.0. The van der Waals surface area contributed by atoms with Crippen LogP contribution in [0.1, 0.15) is 5.56 Å². The molecule has 0 atom stereocenters. The van der Waals surface area contributed by atoms with Crippen molar-refractivity contribution < 1.29 is 4.79 Å². The van der Waals surface area contributed by atoms with E-state index < -0.39 is 0 Å². The van der Waals surface area contributed by atoms with E-state index in [2.05, 4.69) is 38.3 Å². The van der Waals surface area contributed by atoms with Gasteiger partial charge < -0.3 is 9.80 Å². The molecule has 0 unspecified atom stereocenters. The summed E-state index contributed by atoms with van der Waals surface area (Å²) in [6.07, 6.45) is 5.68. The Bertz CT molecular complexity index is 1140. The third-order valence-corrected chi connectivity index (χ3v) is 5.58. The van der Waals surface area contributed by atoms with Crippen LogP contribution in [-0.4, -0.2) is 56.7 Å². The molecule has 3 heterocycles. The van der Waals surface area contributed by atoms with Crippen LogP contribution in [-0.2, 0) is 11.2 Å². The topological polar surface area (TPSA) is 67.2 Å². The van der Waals surface area contributed by atoms with Gasteiger partial charge in [-0.05, 0) is 28.5 Å². The highest BCUT2D eigenvalue weighted by Crippen LogP contribution is 2.20. The summed E-state index contributed by atoms with van der Waals surface area (Å²) in [5.41, 5.74) is 1.08. The molecule has 0 bridgehead atoms. The van der Waals surface area contributed by atoms with Gasteiger partial charge in [-0.1, -0.05) is 42.5 Å². The van der Waals surface area contributed by atoms with Crippen LogP contribution in [0.3, 0.4) is 0 Å². The first-order valence-electron chi connectivity index (χ1n) is 10.1. The number of rotatable bonds is 4. The smallest absolute Gasteiger partial charge is 0.227 e. The number of hydrogen-bond acceptors (Lipinski definition) is 5. The minimum absolute atomic E-state index is 0.174. The number of benzene rings is 2. The molecule has 5 rings (SSSR count). The molecule has 1 aliphatic rings. The first-order chi connectivity index (χ1) is 14.8. The Hall–Kier alpha value is -3.74. The summed E-state index contributed by atoms with van der Waals surface area (Å²) in [6, 6.07) is 18.3. The maximum absolute atomic E-state index is 12.9. The largest absolute Gasteiger partial charge is 0.352 e. The standard InChI is InChI=1S/C23H22N6O/c30-23(16-19-6-3-5-18-4-1-2-7-20(18)19)28-14-12-27(13-15-28)21-8-9-22(26-25-21)29-11-10-24-17-29/h1-11,17H,12-16H2. The van der Waals surface area contributed by atoms with E-state index in [1.54, 1.807) is 12.5 Å². The minimum Gasteiger partial charge on any atom is -0.352 e. The minimum atomic E-state index is 0.174. The molecule has 2 aromatic carbocycles. The van der Waals surface area contributed by atoms with Gasteiger partial charge >= 0.3 is 0 Å². The zero-order chi connectivity index (χ0) is 20.3. The summed E-state index contributed by atoms with van der Waals surface area (Å²) >= 11 is 0. The predicted molar refractivity (Wildman–Crippen MR) is 116 cm³/mol. The molecule has 150 valence electrons. The lowest BCUT2D eigenvalue weighted by molar-refractivity contribution is -0.130. The maximum Gasteiger partial charge on any atom is 0.227 e. The highest BCUT2D eigenvalue weighted by Gasteiger charge is 2.22. The van der Waals surface area contributed by atoms with Gasteiger partial charge in [0.2, 0.25) is 5.91 Å². The fourth-order valence-corrected chi connectivity index (χ4v) is 3.93. The van der Waals surface area contributed by atoms with Gasteiger partial charge in [0.1, 0.15) is 6.33 Å². The second kappa shape index (κ2) is 7.94. The van der Waals surface area contributed by atoms with Crippen molar-refractivity contribution in [1.82, 2.24) is 24.6 Å². The van der Waals surface area contributed by atoms with E-state index >= 15 is 0 Å². The number of piperazine rings is 1. The van der Waals surface area contributed by atoms with Crippen molar-refractivity contribution in [3.63, 3.8) is 0 Å². The summed E-state index contributed by atoms with van der Waals surface area (Å²) in [7, 11) is 0. The van der Waals surface area contributed by atoms with Gasteiger partial charge in [-0.3, -0.25) is 9.36 Å². The molecule has 2 aromatic heterocycles. The molecule has 0 radical (unpaired) electrons.